The highest BCUT2D eigenvalue weighted by molar-refractivity contribution is 5.93. The molecule has 0 amide bonds. The highest BCUT2D eigenvalue weighted by Crippen LogP contribution is 2.50. The maximum atomic E-state index is 13.3. The van der Waals surface area contributed by atoms with Crippen LogP contribution in [0.2, 0.25) is 0 Å². The Morgan fingerprint density at radius 2 is 1.72 bits per heavy atom. The molecule has 3 N–H and O–H groups in total. The molecule has 0 spiro atoms. The van der Waals surface area contributed by atoms with Gasteiger partial charge in [0.15, 0.2) is 28.4 Å². The standard InChI is InChI=1S/C36H32O10/c1-42-27-11-9-22(17-29(27)45-14-12-20-8-10-26-23(16-20)13-15-44-26)24(18-30(38)43-2)31-33(39)35(41)34(40)32-25(37)19-28(46-36(31)32)21-6-4-3-5-7-21/h3-11,16-17,19,24,39-41H,12-15,18H2,1-2H3/t24-/m0/s1. The van der Waals surface area contributed by atoms with Crippen LogP contribution in [0.15, 0.2) is 82.0 Å². The van der Waals surface area contributed by atoms with Crippen molar-refractivity contribution in [1.82, 2.24) is 0 Å². The topological polar surface area (TPSA) is 145 Å². The molecule has 0 unspecified atom stereocenters. The van der Waals surface area contributed by atoms with Gasteiger partial charge in [0.25, 0.3) is 0 Å². The predicted octanol–water partition coefficient (Wildman–Crippen LogP) is 5.84. The van der Waals surface area contributed by atoms with Crippen LogP contribution >= 0.6 is 0 Å². The number of carbonyl (C=O) groups is 1. The van der Waals surface area contributed by atoms with Crippen molar-refractivity contribution >= 4 is 16.9 Å². The predicted molar refractivity (Wildman–Crippen MR) is 169 cm³/mol. The van der Waals surface area contributed by atoms with E-state index in [1.807, 2.05) is 12.1 Å². The molecule has 236 valence electrons. The van der Waals surface area contributed by atoms with Crippen molar-refractivity contribution in [1.29, 1.82) is 0 Å². The molecule has 2 heterocycles. The Bertz CT molecular complexity index is 1980. The lowest BCUT2D eigenvalue weighted by Gasteiger charge is -2.22. The van der Waals surface area contributed by atoms with Crippen LogP contribution in [0.1, 0.15) is 34.6 Å². The van der Waals surface area contributed by atoms with E-state index in [1.54, 1.807) is 48.5 Å². The molecule has 0 fully saturated rings. The van der Waals surface area contributed by atoms with Gasteiger partial charge in [-0.15, -0.1) is 0 Å². The molecule has 1 aromatic heterocycles. The lowest BCUT2D eigenvalue weighted by molar-refractivity contribution is -0.140. The zero-order chi connectivity index (χ0) is 32.4. The van der Waals surface area contributed by atoms with Gasteiger partial charge in [0.05, 0.1) is 33.9 Å². The Labute approximate surface area is 264 Å². The van der Waals surface area contributed by atoms with E-state index in [2.05, 4.69) is 6.07 Å². The number of aromatic hydroxyl groups is 3. The maximum Gasteiger partial charge on any atom is 0.306 e. The lowest BCUT2D eigenvalue weighted by Crippen LogP contribution is -2.13. The van der Waals surface area contributed by atoms with E-state index in [0.717, 1.165) is 23.3 Å². The van der Waals surface area contributed by atoms with E-state index in [4.69, 9.17) is 23.4 Å². The molecular formula is C36H32O10. The normalized spacial score (nSPS) is 12.7. The van der Waals surface area contributed by atoms with Crippen LogP contribution in [0.5, 0.6) is 34.5 Å². The van der Waals surface area contributed by atoms with Crippen LogP contribution in [0, 0.1) is 0 Å². The first-order chi connectivity index (χ1) is 22.3. The molecule has 1 aliphatic heterocycles. The number of fused-ring (bicyclic) bond motifs is 2. The largest absolute Gasteiger partial charge is 0.504 e. The zero-order valence-electron chi connectivity index (χ0n) is 25.2. The summed E-state index contributed by atoms with van der Waals surface area (Å²) in [6.45, 7) is 0.983. The molecule has 1 atom stereocenters. The van der Waals surface area contributed by atoms with Gasteiger partial charge in [-0.2, -0.15) is 0 Å². The van der Waals surface area contributed by atoms with Gasteiger partial charge in [-0.1, -0.05) is 48.5 Å². The van der Waals surface area contributed by atoms with Crippen LogP contribution in [0.4, 0.5) is 0 Å². The SMILES string of the molecule is COC(=O)C[C@@H](c1ccc(OC)c(OCCc2ccc3c(c2)CCO3)c1)c1c(O)c(O)c(O)c2c(=O)cc(-c3ccccc3)oc12. The Hall–Kier alpha value is -5.64. The van der Waals surface area contributed by atoms with Gasteiger partial charge in [0.1, 0.15) is 22.5 Å². The molecule has 0 aliphatic carbocycles. The molecule has 5 aromatic rings. The molecule has 46 heavy (non-hydrogen) atoms. The minimum absolute atomic E-state index is 0.0814. The van der Waals surface area contributed by atoms with Crippen LogP contribution in [0.3, 0.4) is 0 Å². The molecule has 0 radical (unpaired) electrons. The van der Waals surface area contributed by atoms with Crippen LogP contribution in [0.25, 0.3) is 22.3 Å². The number of rotatable bonds is 10. The molecule has 0 saturated carbocycles. The summed E-state index contributed by atoms with van der Waals surface area (Å²) in [5.41, 5.74) is 2.36. The van der Waals surface area contributed by atoms with E-state index in [1.165, 1.54) is 20.3 Å². The molecule has 1 aliphatic rings. The number of phenolic OH excluding ortho intramolecular Hbond substituents is 3. The van der Waals surface area contributed by atoms with Crippen molar-refractivity contribution in [2.24, 2.45) is 0 Å². The van der Waals surface area contributed by atoms with Crippen molar-refractivity contribution in [2.45, 2.75) is 25.2 Å². The van der Waals surface area contributed by atoms with Gasteiger partial charge in [0.2, 0.25) is 5.75 Å². The summed E-state index contributed by atoms with van der Waals surface area (Å²) in [6, 6.07) is 21.1. The number of methoxy groups -OCH3 is 2. The molecule has 10 nitrogen and oxygen atoms in total. The number of carbonyl (C=O) groups excluding carboxylic acids is 1. The summed E-state index contributed by atoms with van der Waals surface area (Å²) in [7, 11) is 2.73. The highest BCUT2D eigenvalue weighted by atomic mass is 16.5. The third-order valence-electron chi connectivity index (χ3n) is 8.13. The minimum atomic E-state index is -1.01. The van der Waals surface area contributed by atoms with E-state index >= 15 is 0 Å². The molecular weight excluding hydrogens is 592 g/mol. The first-order valence-electron chi connectivity index (χ1n) is 14.7. The van der Waals surface area contributed by atoms with Crippen molar-refractivity contribution in [3.05, 3.63) is 105 Å². The van der Waals surface area contributed by atoms with Gasteiger partial charge in [-0.25, -0.2) is 0 Å². The fourth-order valence-corrected chi connectivity index (χ4v) is 5.77. The van der Waals surface area contributed by atoms with Gasteiger partial charge in [-0.3, -0.25) is 9.59 Å². The Kier molecular flexibility index (Phi) is 8.43. The Balaban J connectivity index is 1.44. The summed E-state index contributed by atoms with van der Waals surface area (Å²) < 4.78 is 28.5. The van der Waals surface area contributed by atoms with E-state index < -0.39 is 34.6 Å². The molecule has 10 heteroatoms. The van der Waals surface area contributed by atoms with Gasteiger partial charge < -0.3 is 38.7 Å². The molecule has 0 saturated heterocycles. The summed E-state index contributed by atoms with van der Waals surface area (Å²) >= 11 is 0. The second-order valence-electron chi connectivity index (χ2n) is 10.9. The Morgan fingerprint density at radius 1 is 0.913 bits per heavy atom. The van der Waals surface area contributed by atoms with Crippen molar-refractivity contribution in [2.75, 3.05) is 27.4 Å². The second-order valence-corrected chi connectivity index (χ2v) is 10.9. The number of phenols is 3. The van der Waals surface area contributed by atoms with Crippen molar-refractivity contribution in [3.8, 4) is 45.8 Å². The zero-order valence-corrected chi connectivity index (χ0v) is 25.2. The van der Waals surface area contributed by atoms with E-state index in [9.17, 15) is 24.9 Å². The molecule has 0 bridgehead atoms. The average Bonchev–Trinajstić information content (AvgIpc) is 3.55. The maximum absolute atomic E-state index is 13.3. The average molecular weight is 625 g/mol. The van der Waals surface area contributed by atoms with Gasteiger partial charge >= 0.3 is 5.97 Å². The van der Waals surface area contributed by atoms with Crippen LogP contribution in [-0.2, 0) is 22.4 Å². The Morgan fingerprint density at radius 3 is 2.48 bits per heavy atom. The summed E-state index contributed by atoms with van der Waals surface area (Å²) in [4.78, 5) is 26.1. The monoisotopic (exact) mass is 624 g/mol. The smallest absolute Gasteiger partial charge is 0.306 e. The summed E-state index contributed by atoms with van der Waals surface area (Å²) in [5.74, 6) is -2.27. The fourth-order valence-electron chi connectivity index (χ4n) is 5.77. The number of hydrogen-bond acceptors (Lipinski definition) is 10. The second kappa shape index (κ2) is 12.8. The van der Waals surface area contributed by atoms with Crippen molar-refractivity contribution < 1.29 is 43.5 Å². The quantitative estimate of drug-likeness (QED) is 0.128. The molecule has 6 rings (SSSR count). The summed E-state index contributed by atoms with van der Waals surface area (Å²) in [5, 5.41) is 32.4. The van der Waals surface area contributed by atoms with Gasteiger partial charge in [-0.05, 0) is 34.9 Å². The number of esters is 1. The molecule has 4 aromatic carbocycles. The minimum Gasteiger partial charge on any atom is -0.504 e. The number of benzene rings is 4. The third kappa shape index (κ3) is 5.77. The highest BCUT2D eigenvalue weighted by Gasteiger charge is 2.32. The van der Waals surface area contributed by atoms with Crippen molar-refractivity contribution in [3.63, 3.8) is 0 Å². The first kappa shape index (κ1) is 30.4. The third-order valence-corrected chi connectivity index (χ3v) is 8.13. The van der Waals surface area contributed by atoms with E-state index in [-0.39, 0.29) is 28.7 Å². The number of hydrogen-bond donors (Lipinski definition) is 3. The summed E-state index contributed by atoms with van der Waals surface area (Å²) in [6.07, 6.45) is 1.16. The van der Waals surface area contributed by atoms with E-state index in [0.29, 0.717) is 42.3 Å². The van der Waals surface area contributed by atoms with Crippen LogP contribution in [-0.4, -0.2) is 48.7 Å². The first-order valence-corrected chi connectivity index (χ1v) is 14.7. The van der Waals surface area contributed by atoms with Crippen LogP contribution < -0.4 is 19.6 Å². The van der Waals surface area contributed by atoms with Gasteiger partial charge in [0, 0.05) is 36.0 Å². The lowest BCUT2D eigenvalue weighted by atomic mass is 9.86. The fraction of sp³-hybridized carbons (Fsp3) is 0.222. The number of ether oxygens (including phenoxy) is 4.